The third-order valence-electron chi connectivity index (χ3n) is 1.37. The summed E-state index contributed by atoms with van der Waals surface area (Å²) in [6, 6.07) is 4.86. The molecule has 0 amide bonds. The second kappa shape index (κ2) is 4.62. The van der Waals surface area contributed by atoms with Gasteiger partial charge in [0.2, 0.25) is 0 Å². The maximum absolute atomic E-state index is 10.2. The van der Waals surface area contributed by atoms with Gasteiger partial charge in [-0.2, -0.15) is 5.26 Å². The monoisotopic (exact) mass is 190 g/mol. The van der Waals surface area contributed by atoms with Crippen molar-refractivity contribution in [2.24, 2.45) is 0 Å². The van der Waals surface area contributed by atoms with Crippen LogP contribution < -0.4 is 0 Å². The van der Waals surface area contributed by atoms with Gasteiger partial charge in [0, 0.05) is 6.08 Å². The number of rotatable bonds is 3. The standard InChI is InChI=1S/C9H6N2O3/c10-7-8(11(12)13)3-1-4-9-5-2-6-14-9/h1-6H/b4-1+,8-3+. The molecule has 0 radical (unpaired) electrons. The zero-order valence-corrected chi connectivity index (χ0v) is 7.08. The summed E-state index contributed by atoms with van der Waals surface area (Å²) < 4.78 is 4.94. The molecule has 5 nitrogen and oxygen atoms in total. The Morgan fingerprint density at radius 1 is 1.71 bits per heavy atom. The fraction of sp³-hybridized carbons (Fsp3) is 0. The fourth-order valence-corrected chi connectivity index (χ4v) is 0.759. The minimum atomic E-state index is -0.744. The first kappa shape index (κ1) is 9.74. The van der Waals surface area contributed by atoms with Crippen molar-refractivity contribution >= 4 is 6.08 Å². The van der Waals surface area contributed by atoms with Crippen molar-refractivity contribution in [2.45, 2.75) is 0 Å². The van der Waals surface area contributed by atoms with Gasteiger partial charge in [0.1, 0.15) is 5.76 Å². The lowest BCUT2D eigenvalue weighted by Gasteiger charge is -1.82. The van der Waals surface area contributed by atoms with Crippen LogP contribution in [0.5, 0.6) is 0 Å². The third-order valence-corrected chi connectivity index (χ3v) is 1.37. The van der Waals surface area contributed by atoms with Gasteiger partial charge in [0.25, 0.3) is 0 Å². The van der Waals surface area contributed by atoms with Gasteiger partial charge in [0.05, 0.1) is 11.2 Å². The van der Waals surface area contributed by atoms with Crippen LogP contribution in [0.15, 0.2) is 40.7 Å². The lowest BCUT2D eigenvalue weighted by atomic mass is 10.3. The topological polar surface area (TPSA) is 80.1 Å². The van der Waals surface area contributed by atoms with E-state index in [2.05, 4.69) is 0 Å². The lowest BCUT2D eigenvalue weighted by molar-refractivity contribution is -0.417. The molecular weight excluding hydrogens is 184 g/mol. The number of allylic oxidation sites excluding steroid dienone is 3. The maximum atomic E-state index is 10.2. The smallest absolute Gasteiger partial charge is 0.345 e. The van der Waals surface area contributed by atoms with Crippen LogP contribution in [-0.2, 0) is 0 Å². The molecule has 1 aromatic rings. The van der Waals surface area contributed by atoms with E-state index in [4.69, 9.17) is 9.68 Å². The molecule has 0 saturated heterocycles. The molecule has 0 atom stereocenters. The van der Waals surface area contributed by atoms with Gasteiger partial charge in [-0.3, -0.25) is 10.1 Å². The number of hydrogen-bond acceptors (Lipinski definition) is 4. The summed E-state index contributed by atoms with van der Waals surface area (Å²) in [6.45, 7) is 0. The summed E-state index contributed by atoms with van der Waals surface area (Å²) in [5, 5.41) is 18.5. The second-order valence-electron chi connectivity index (χ2n) is 2.30. The Bertz CT molecular complexity index is 410. The summed E-state index contributed by atoms with van der Waals surface area (Å²) in [7, 11) is 0. The first-order valence-electron chi connectivity index (χ1n) is 3.70. The first-order chi connectivity index (χ1) is 6.74. The highest BCUT2D eigenvalue weighted by Gasteiger charge is 2.05. The van der Waals surface area contributed by atoms with Gasteiger partial charge in [-0.05, 0) is 18.2 Å². The van der Waals surface area contributed by atoms with Gasteiger partial charge < -0.3 is 4.42 Å². The average Bonchev–Trinajstić information content (AvgIpc) is 2.64. The summed E-state index contributed by atoms with van der Waals surface area (Å²) in [6.07, 6.45) is 5.52. The van der Waals surface area contributed by atoms with Crippen LogP contribution in [-0.4, -0.2) is 4.92 Å². The first-order valence-corrected chi connectivity index (χ1v) is 3.70. The number of furan rings is 1. The maximum Gasteiger partial charge on any atom is 0.345 e. The predicted octanol–water partition coefficient (Wildman–Crippen LogP) is 1.98. The number of hydrogen-bond donors (Lipinski definition) is 0. The summed E-state index contributed by atoms with van der Waals surface area (Å²) in [5.41, 5.74) is -0.507. The molecule has 1 rings (SSSR count). The molecule has 0 spiro atoms. The Morgan fingerprint density at radius 3 is 3.00 bits per heavy atom. The second-order valence-corrected chi connectivity index (χ2v) is 2.30. The molecular formula is C9H6N2O3. The molecule has 1 aromatic heterocycles. The van der Waals surface area contributed by atoms with Crippen molar-refractivity contribution in [3.05, 3.63) is 52.1 Å². The zero-order valence-electron chi connectivity index (χ0n) is 7.08. The third kappa shape index (κ3) is 2.60. The average molecular weight is 190 g/mol. The van der Waals surface area contributed by atoms with Crippen LogP contribution in [0.3, 0.4) is 0 Å². The SMILES string of the molecule is N#C/C(=C\C=C\c1ccco1)[N+](=O)[O-]. The van der Waals surface area contributed by atoms with E-state index in [1.54, 1.807) is 12.1 Å². The minimum absolute atomic E-state index is 0.507. The zero-order chi connectivity index (χ0) is 10.4. The molecule has 70 valence electrons. The highest BCUT2D eigenvalue weighted by molar-refractivity contribution is 5.45. The molecule has 0 fully saturated rings. The van der Waals surface area contributed by atoms with Crippen LogP contribution in [0.2, 0.25) is 0 Å². The molecule has 0 aliphatic rings. The quantitative estimate of drug-likeness (QED) is 0.316. The van der Waals surface area contributed by atoms with Gasteiger partial charge in [-0.1, -0.05) is 6.08 Å². The van der Waals surface area contributed by atoms with E-state index in [0.717, 1.165) is 6.08 Å². The molecule has 0 bridgehead atoms. The van der Waals surface area contributed by atoms with Gasteiger partial charge in [-0.25, -0.2) is 0 Å². The van der Waals surface area contributed by atoms with E-state index in [1.165, 1.54) is 24.5 Å². The summed E-state index contributed by atoms with van der Waals surface area (Å²) in [4.78, 5) is 9.44. The molecule has 14 heavy (non-hydrogen) atoms. The van der Waals surface area contributed by atoms with Crippen LogP contribution >= 0.6 is 0 Å². The van der Waals surface area contributed by atoms with E-state index in [-0.39, 0.29) is 0 Å². The number of nitro groups is 1. The Kier molecular flexibility index (Phi) is 3.21. The van der Waals surface area contributed by atoms with Crippen molar-refractivity contribution in [1.82, 2.24) is 0 Å². The van der Waals surface area contributed by atoms with Crippen molar-refractivity contribution in [2.75, 3.05) is 0 Å². The van der Waals surface area contributed by atoms with E-state index < -0.39 is 10.6 Å². The highest BCUT2D eigenvalue weighted by atomic mass is 16.6. The Morgan fingerprint density at radius 2 is 2.50 bits per heavy atom. The normalized spacial score (nSPS) is 11.5. The van der Waals surface area contributed by atoms with Crippen LogP contribution in [0, 0.1) is 21.4 Å². The van der Waals surface area contributed by atoms with Crippen molar-refractivity contribution in [3.63, 3.8) is 0 Å². The molecule has 1 heterocycles. The van der Waals surface area contributed by atoms with Gasteiger partial charge in [0.15, 0.2) is 6.07 Å². The van der Waals surface area contributed by atoms with Crippen LogP contribution in [0.1, 0.15) is 5.76 Å². The van der Waals surface area contributed by atoms with Crippen LogP contribution in [0.4, 0.5) is 0 Å². The molecule has 0 aliphatic carbocycles. The van der Waals surface area contributed by atoms with Gasteiger partial charge in [-0.15, -0.1) is 0 Å². The van der Waals surface area contributed by atoms with Crippen molar-refractivity contribution in [1.29, 1.82) is 5.26 Å². The minimum Gasteiger partial charge on any atom is -0.465 e. The summed E-state index contributed by atoms with van der Waals surface area (Å²) >= 11 is 0. The van der Waals surface area contributed by atoms with E-state index in [0.29, 0.717) is 5.76 Å². The largest absolute Gasteiger partial charge is 0.465 e. The fourth-order valence-electron chi connectivity index (χ4n) is 0.759. The molecule has 0 aromatic carbocycles. The lowest BCUT2D eigenvalue weighted by Crippen LogP contribution is -1.94. The van der Waals surface area contributed by atoms with Crippen molar-refractivity contribution < 1.29 is 9.34 Å². The number of nitriles is 1. The van der Waals surface area contributed by atoms with Crippen molar-refractivity contribution in [3.8, 4) is 6.07 Å². The highest BCUT2D eigenvalue weighted by Crippen LogP contribution is 2.03. The Hall–Kier alpha value is -2.35. The molecule has 0 N–H and O–H groups in total. The summed E-state index contributed by atoms with van der Waals surface area (Å²) in [5.74, 6) is 0.571. The molecule has 0 aliphatic heterocycles. The van der Waals surface area contributed by atoms with E-state index in [9.17, 15) is 10.1 Å². The van der Waals surface area contributed by atoms with E-state index in [1.807, 2.05) is 0 Å². The predicted molar refractivity (Wildman–Crippen MR) is 48.4 cm³/mol. The van der Waals surface area contributed by atoms with Gasteiger partial charge >= 0.3 is 5.70 Å². The van der Waals surface area contributed by atoms with E-state index >= 15 is 0 Å². The Labute approximate surface area is 79.7 Å². The number of nitrogens with zero attached hydrogens (tertiary/aromatic N) is 2. The Balaban J connectivity index is 2.71. The molecule has 5 heteroatoms. The van der Waals surface area contributed by atoms with Crippen LogP contribution in [0.25, 0.3) is 6.08 Å². The molecule has 0 unspecified atom stereocenters. The molecule has 0 saturated carbocycles.